The Hall–Kier alpha value is -0.610. The highest BCUT2D eigenvalue weighted by Crippen LogP contribution is 2.36. The van der Waals surface area contributed by atoms with Crippen molar-refractivity contribution in [1.82, 2.24) is 10.2 Å². The predicted molar refractivity (Wildman–Crippen MR) is 78.4 cm³/mol. The molecule has 112 valence electrons. The van der Waals surface area contributed by atoms with Crippen molar-refractivity contribution in [2.75, 3.05) is 26.7 Å². The maximum absolute atomic E-state index is 11.2. The zero-order valence-corrected chi connectivity index (χ0v) is 13.0. The SMILES string of the molecule is CCC1(CC)CCN(CCCC(C)(NC)C(=O)O)C1. The van der Waals surface area contributed by atoms with Gasteiger partial charge in [-0.2, -0.15) is 0 Å². The number of nitrogens with zero attached hydrogens (tertiary/aromatic N) is 1. The van der Waals surface area contributed by atoms with E-state index in [1.807, 2.05) is 0 Å². The number of rotatable bonds is 8. The van der Waals surface area contributed by atoms with E-state index in [0.717, 1.165) is 13.0 Å². The van der Waals surface area contributed by atoms with Gasteiger partial charge >= 0.3 is 5.97 Å². The van der Waals surface area contributed by atoms with E-state index in [1.54, 1.807) is 14.0 Å². The summed E-state index contributed by atoms with van der Waals surface area (Å²) in [5.74, 6) is -0.757. The molecule has 4 nitrogen and oxygen atoms in total. The molecule has 1 aliphatic heterocycles. The molecule has 0 bridgehead atoms. The number of hydrogen-bond donors (Lipinski definition) is 2. The third kappa shape index (κ3) is 3.93. The predicted octanol–water partition coefficient (Wildman–Crippen LogP) is 2.34. The summed E-state index contributed by atoms with van der Waals surface area (Å²) in [6.45, 7) is 9.72. The molecule has 0 aromatic rings. The molecule has 0 spiro atoms. The van der Waals surface area contributed by atoms with E-state index in [9.17, 15) is 9.90 Å². The van der Waals surface area contributed by atoms with Crippen LogP contribution in [0.25, 0.3) is 0 Å². The molecule has 0 amide bonds. The summed E-state index contributed by atoms with van der Waals surface area (Å²) in [6.07, 6.45) is 5.42. The smallest absolute Gasteiger partial charge is 0.323 e. The molecule has 1 aliphatic rings. The monoisotopic (exact) mass is 270 g/mol. The lowest BCUT2D eigenvalue weighted by molar-refractivity contribution is -0.144. The number of carbonyl (C=O) groups is 1. The van der Waals surface area contributed by atoms with Crippen molar-refractivity contribution >= 4 is 5.97 Å². The van der Waals surface area contributed by atoms with E-state index in [-0.39, 0.29) is 0 Å². The van der Waals surface area contributed by atoms with Crippen LogP contribution in [0.5, 0.6) is 0 Å². The van der Waals surface area contributed by atoms with Crippen LogP contribution in [-0.4, -0.2) is 48.2 Å². The van der Waals surface area contributed by atoms with Crippen LogP contribution in [0.4, 0.5) is 0 Å². The van der Waals surface area contributed by atoms with Crippen molar-refractivity contribution in [2.45, 2.75) is 58.4 Å². The third-order valence-electron chi connectivity index (χ3n) is 5.19. The maximum atomic E-state index is 11.2. The van der Waals surface area contributed by atoms with Crippen LogP contribution in [0, 0.1) is 5.41 Å². The van der Waals surface area contributed by atoms with E-state index in [2.05, 4.69) is 24.1 Å². The first kappa shape index (κ1) is 16.4. The molecule has 2 N–H and O–H groups in total. The minimum absolute atomic E-state index is 0.513. The standard InChI is InChI=1S/C15H30N2O2/c1-5-15(6-2)9-11-17(12-15)10-7-8-14(3,16-4)13(18)19/h16H,5-12H2,1-4H3,(H,18,19). The molecule has 1 unspecified atom stereocenters. The van der Waals surface area contributed by atoms with Crippen LogP contribution >= 0.6 is 0 Å². The van der Waals surface area contributed by atoms with Gasteiger partial charge in [0.05, 0.1) is 0 Å². The fourth-order valence-electron chi connectivity index (χ4n) is 3.04. The lowest BCUT2D eigenvalue weighted by Crippen LogP contribution is -2.47. The molecule has 4 heteroatoms. The average molecular weight is 270 g/mol. The lowest BCUT2D eigenvalue weighted by atomic mass is 9.82. The van der Waals surface area contributed by atoms with E-state index in [4.69, 9.17) is 0 Å². The second-order valence-electron chi connectivity index (χ2n) is 6.22. The highest BCUT2D eigenvalue weighted by molar-refractivity contribution is 5.78. The Balaban J connectivity index is 2.37. The van der Waals surface area contributed by atoms with Crippen LogP contribution in [0.1, 0.15) is 52.9 Å². The summed E-state index contributed by atoms with van der Waals surface area (Å²) in [5, 5.41) is 12.1. The van der Waals surface area contributed by atoms with Crippen LogP contribution in [0.2, 0.25) is 0 Å². The molecule has 0 aliphatic carbocycles. The maximum Gasteiger partial charge on any atom is 0.323 e. The van der Waals surface area contributed by atoms with Crippen molar-refractivity contribution < 1.29 is 9.90 Å². The zero-order chi connectivity index (χ0) is 14.5. The van der Waals surface area contributed by atoms with Gasteiger partial charge in [-0.3, -0.25) is 4.79 Å². The first-order chi connectivity index (χ1) is 8.91. The summed E-state index contributed by atoms with van der Waals surface area (Å²) < 4.78 is 0. The second-order valence-corrected chi connectivity index (χ2v) is 6.22. The van der Waals surface area contributed by atoms with Crippen molar-refractivity contribution in [3.05, 3.63) is 0 Å². The molecule has 1 rings (SSSR count). The largest absolute Gasteiger partial charge is 0.480 e. The Labute approximate surface area is 117 Å². The minimum Gasteiger partial charge on any atom is -0.480 e. The van der Waals surface area contributed by atoms with E-state index < -0.39 is 11.5 Å². The molecule has 0 aromatic heterocycles. The van der Waals surface area contributed by atoms with Gasteiger partial charge in [-0.05, 0) is 64.6 Å². The van der Waals surface area contributed by atoms with Gasteiger partial charge in [-0.1, -0.05) is 13.8 Å². The van der Waals surface area contributed by atoms with Crippen LogP contribution in [0.15, 0.2) is 0 Å². The number of likely N-dealkylation sites (tertiary alicyclic amines) is 1. The lowest BCUT2D eigenvalue weighted by Gasteiger charge is -2.28. The highest BCUT2D eigenvalue weighted by atomic mass is 16.4. The van der Waals surface area contributed by atoms with E-state index >= 15 is 0 Å². The highest BCUT2D eigenvalue weighted by Gasteiger charge is 2.35. The minimum atomic E-state index is -0.785. The van der Waals surface area contributed by atoms with Gasteiger partial charge in [0.1, 0.15) is 5.54 Å². The molecular formula is C15H30N2O2. The number of carboxylic acid groups (broad SMARTS) is 1. The fraction of sp³-hybridized carbons (Fsp3) is 0.933. The van der Waals surface area contributed by atoms with Gasteiger partial charge in [0.25, 0.3) is 0 Å². The average Bonchev–Trinajstić information content (AvgIpc) is 2.82. The number of likely N-dealkylation sites (N-methyl/N-ethyl adjacent to an activating group) is 1. The summed E-state index contributed by atoms with van der Waals surface area (Å²) in [7, 11) is 1.73. The Morgan fingerprint density at radius 3 is 2.47 bits per heavy atom. The van der Waals surface area contributed by atoms with Gasteiger partial charge in [0, 0.05) is 6.54 Å². The molecule has 1 heterocycles. The molecule has 0 saturated carbocycles. The van der Waals surface area contributed by atoms with Crippen molar-refractivity contribution in [3.8, 4) is 0 Å². The van der Waals surface area contributed by atoms with Crippen molar-refractivity contribution in [1.29, 1.82) is 0 Å². The van der Waals surface area contributed by atoms with Crippen molar-refractivity contribution in [3.63, 3.8) is 0 Å². The fourth-order valence-corrected chi connectivity index (χ4v) is 3.04. The first-order valence-corrected chi connectivity index (χ1v) is 7.56. The number of hydrogen-bond acceptors (Lipinski definition) is 3. The number of aliphatic carboxylic acids is 1. The summed E-state index contributed by atoms with van der Waals surface area (Å²) in [4.78, 5) is 13.7. The van der Waals surface area contributed by atoms with Crippen LogP contribution in [-0.2, 0) is 4.79 Å². The van der Waals surface area contributed by atoms with Crippen LogP contribution < -0.4 is 5.32 Å². The molecule has 19 heavy (non-hydrogen) atoms. The van der Waals surface area contributed by atoms with Crippen LogP contribution in [0.3, 0.4) is 0 Å². The molecular weight excluding hydrogens is 240 g/mol. The van der Waals surface area contributed by atoms with Gasteiger partial charge in [0.15, 0.2) is 0 Å². The van der Waals surface area contributed by atoms with Gasteiger partial charge in [-0.15, -0.1) is 0 Å². The summed E-state index contributed by atoms with van der Waals surface area (Å²) in [5.41, 5.74) is -0.272. The molecule has 1 fully saturated rings. The van der Waals surface area contributed by atoms with E-state index in [0.29, 0.717) is 11.8 Å². The third-order valence-corrected chi connectivity index (χ3v) is 5.19. The number of carboxylic acids is 1. The van der Waals surface area contributed by atoms with Gasteiger partial charge in [-0.25, -0.2) is 0 Å². The summed E-state index contributed by atoms with van der Waals surface area (Å²) >= 11 is 0. The Kier molecular flexibility index (Phi) is 5.81. The Morgan fingerprint density at radius 1 is 1.42 bits per heavy atom. The Bertz CT molecular complexity index is 303. The summed E-state index contributed by atoms with van der Waals surface area (Å²) in [6, 6.07) is 0. The topological polar surface area (TPSA) is 52.6 Å². The zero-order valence-electron chi connectivity index (χ0n) is 13.0. The second kappa shape index (κ2) is 6.71. The van der Waals surface area contributed by atoms with Gasteiger partial charge in [0.2, 0.25) is 0 Å². The number of nitrogens with one attached hydrogen (secondary N) is 1. The quantitative estimate of drug-likeness (QED) is 0.711. The normalized spacial score (nSPS) is 22.3. The van der Waals surface area contributed by atoms with Crippen molar-refractivity contribution in [2.24, 2.45) is 5.41 Å². The van der Waals surface area contributed by atoms with Gasteiger partial charge < -0.3 is 15.3 Å². The molecule has 0 radical (unpaired) electrons. The molecule has 1 atom stereocenters. The first-order valence-electron chi connectivity index (χ1n) is 7.56. The Morgan fingerprint density at radius 2 is 2.05 bits per heavy atom. The molecule has 0 aromatic carbocycles. The van der Waals surface area contributed by atoms with E-state index in [1.165, 1.54) is 32.4 Å². The molecule has 1 saturated heterocycles.